The van der Waals surface area contributed by atoms with Gasteiger partial charge in [-0.2, -0.15) is 0 Å². The molecule has 3 atom stereocenters. The number of aromatic hydroxyl groups is 1. The molecule has 46 heavy (non-hydrogen) atoms. The summed E-state index contributed by atoms with van der Waals surface area (Å²) in [6.45, 7) is 1.58. The molecule has 3 aliphatic rings. The minimum absolute atomic E-state index is 0.00136. The largest absolute Gasteiger partial charge is 0.508 e. The lowest BCUT2D eigenvalue weighted by Gasteiger charge is -2.27. The minimum atomic E-state index is -0.00136. The Balaban J connectivity index is 1.15. The zero-order valence-electron chi connectivity index (χ0n) is 26.0. The van der Waals surface area contributed by atoms with Crippen molar-refractivity contribution < 1.29 is 14.6 Å². The van der Waals surface area contributed by atoms with E-state index in [4.69, 9.17) is 20.4 Å². The van der Waals surface area contributed by atoms with Crippen molar-refractivity contribution in [1.29, 1.82) is 0 Å². The maximum atomic E-state index is 13.7. The van der Waals surface area contributed by atoms with E-state index in [-0.39, 0.29) is 23.7 Å². The molecule has 1 amide bonds. The molecule has 3 aromatic carbocycles. The number of aromatic nitrogens is 4. The highest BCUT2D eigenvalue weighted by Crippen LogP contribution is 2.40. The highest BCUT2D eigenvalue weighted by Gasteiger charge is 2.47. The lowest BCUT2D eigenvalue weighted by molar-refractivity contribution is 0.0700. The Morgan fingerprint density at radius 3 is 2.54 bits per heavy atom. The van der Waals surface area contributed by atoms with Gasteiger partial charge in [-0.25, -0.2) is 9.97 Å². The lowest BCUT2D eigenvalue weighted by Crippen LogP contribution is -2.41. The molecule has 2 unspecified atom stereocenters. The van der Waals surface area contributed by atoms with Crippen molar-refractivity contribution in [3.05, 3.63) is 72.3 Å². The molecule has 1 aliphatic heterocycles. The summed E-state index contributed by atoms with van der Waals surface area (Å²) in [7, 11) is 3.66. The maximum absolute atomic E-state index is 13.7. The summed E-state index contributed by atoms with van der Waals surface area (Å²) >= 11 is 0. The average Bonchev–Trinajstić information content (AvgIpc) is 3.47. The summed E-state index contributed by atoms with van der Waals surface area (Å²) in [5.41, 5.74) is 12.4. The number of aryl methyl sites for hydroxylation is 1. The second-order valence-electron chi connectivity index (χ2n) is 13.4. The summed E-state index contributed by atoms with van der Waals surface area (Å²) in [6.07, 6.45) is 4.48. The van der Waals surface area contributed by atoms with Gasteiger partial charge in [0, 0.05) is 48.7 Å². The smallest absolute Gasteiger partial charge is 0.254 e. The molecule has 2 saturated carbocycles. The molecule has 9 rings (SSSR count). The fraction of sp³-hybridized carbons (Fsp3) is 0.324. The molecule has 1 saturated heterocycles. The molecule has 3 fully saturated rings. The molecule has 3 aromatic heterocycles. The van der Waals surface area contributed by atoms with Crippen LogP contribution < -0.4 is 10.5 Å². The number of piperidine rings is 1. The van der Waals surface area contributed by atoms with E-state index in [0.29, 0.717) is 23.1 Å². The Labute approximate surface area is 266 Å². The van der Waals surface area contributed by atoms with Gasteiger partial charge in [-0.05, 0) is 96.8 Å². The predicted octanol–water partition coefficient (Wildman–Crippen LogP) is 6.10. The molecule has 9 heteroatoms. The van der Waals surface area contributed by atoms with Crippen LogP contribution in [-0.2, 0) is 13.6 Å². The Morgan fingerprint density at radius 2 is 1.78 bits per heavy atom. The number of likely N-dealkylation sites (tertiary alicyclic amines) is 1. The first-order valence-electron chi connectivity index (χ1n) is 16.2. The Hall–Kier alpha value is -4.89. The van der Waals surface area contributed by atoms with E-state index in [9.17, 15) is 9.90 Å². The Bertz CT molecular complexity index is 2210. The van der Waals surface area contributed by atoms with Crippen molar-refractivity contribution in [3.63, 3.8) is 0 Å². The van der Waals surface area contributed by atoms with Gasteiger partial charge < -0.3 is 29.6 Å². The molecule has 4 heterocycles. The molecular weight excluding hydrogens is 576 g/mol. The van der Waals surface area contributed by atoms with Gasteiger partial charge in [-0.1, -0.05) is 18.2 Å². The predicted molar refractivity (Wildman–Crippen MR) is 179 cm³/mol. The van der Waals surface area contributed by atoms with Crippen molar-refractivity contribution in [2.45, 2.75) is 44.3 Å². The van der Waals surface area contributed by atoms with E-state index < -0.39 is 0 Å². The third-order valence-corrected chi connectivity index (χ3v) is 10.5. The molecule has 0 radical (unpaired) electrons. The number of methoxy groups -OCH3 is 1. The molecule has 232 valence electrons. The summed E-state index contributed by atoms with van der Waals surface area (Å²) in [5.74, 6) is 2.68. The van der Waals surface area contributed by atoms with Crippen LogP contribution in [0.1, 0.15) is 36.0 Å². The summed E-state index contributed by atoms with van der Waals surface area (Å²) in [6, 6.07) is 21.9. The molecule has 2 bridgehead atoms. The number of carbonyl (C=O) groups excluding carboxylic acids is 1. The van der Waals surface area contributed by atoms with Crippen molar-refractivity contribution in [2.24, 2.45) is 24.6 Å². The van der Waals surface area contributed by atoms with Crippen molar-refractivity contribution in [1.82, 2.24) is 24.0 Å². The average molecular weight is 613 g/mol. The van der Waals surface area contributed by atoms with Gasteiger partial charge in [0.2, 0.25) is 0 Å². The van der Waals surface area contributed by atoms with Crippen LogP contribution in [0.25, 0.3) is 55.6 Å². The number of pyridine rings is 1. The first-order chi connectivity index (χ1) is 22.4. The quantitative estimate of drug-likeness (QED) is 0.235. The van der Waals surface area contributed by atoms with Gasteiger partial charge in [0.25, 0.3) is 5.91 Å². The summed E-state index contributed by atoms with van der Waals surface area (Å²) in [4.78, 5) is 26.1. The minimum Gasteiger partial charge on any atom is -0.508 e. The van der Waals surface area contributed by atoms with E-state index in [1.54, 1.807) is 19.2 Å². The van der Waals surface area contributed by atoms with Crippen LogP contribution in [0.4, 0.5) is 0 Å². The van der Waals surface area contributed by atoms with Gasteiger partial charge in [-0.3, -0.25) is 4.79 Å². The first kappa shape index (κ1) is 27.4. The second-order valence-corrected chi connectivity index (χ2v) is 13.4. The van der Waals surface area contributed by atoms with E-state index >= 15 is 0 Å². The number of ether oxygens (including phenoxy) is 1. The molecule has 6 aromatic rings. The van der Waals surface area contributed by atoms with E-state index in [1.807, 2.05) is 30.1 Å². The van der Waals surface area contributed by atoms with Crippen molar-refractivity contribution in [2.75, 3.05) is 13.7 Å². The zero-order chi connectivity index (χ0) is 31.3. The topological polar surface area (TPSA) is 111 Å². The van der Waals surface area contributed by atoms with E-state index in [1.165, 1.54) is 12.8 Å². The van der Waals surface area contributed by atoms with Gasteiger partial charge in [0.15, 0.2) is 5.82 Å². The highest BCUT2D eigenvalue weighted by atomic mass is 16.5. The number of rotatable bonds is 6. The van der Waals surface area contributed by atoms with E-state index in [2.05, 4.69) is 45.5 Å². The number of nitrogens with zero attached hydrogens (tertiary/aromatic N) is 5. The summed E-state index contributed by atoms with van der Waals surface area (Å²) < 4.78 is 10.3. The molecular formula is C37H36N6O3. The second kappa shape index (κ2) is 10.1. The van der Waals surface area contributed by atoms with Crippen LogP contribution in [0, 0.1) is 11.8 Å². The number of phenolic OH excluding ortho intramolecular Hbond substituents is 1. The van der Waals surface area contributed by atoms with Crippen molar-refractivity contribution >= 4 is 38.7 Å². The van der Waals surface area contributed by atoms with Crippen LogP contribution in [0.15, 0.2) is 66.7 Å². The maximum Gasteiger partial charge on any atom is 0.254 e. The first-order valence-corrected chi connectivity index (χ1v) is 16.2. The Morgan fingerprint density at radius 1 is 0.957 bits per heavy atom. The third-order valence-electron chi connectivity index (χ3n) is 10.5. The normalized spacial score (nSPS) is 20.8. The number of hydrogen-bond acceptors (Lipinski definition) is 6. The highest BCUT2D eigenvalue weighted by molar-refractivity contribution is 6.00. The monoisotopic (exact) mass is 612 g/mol. The zero-order valence-corrected chi connectivity index (χ0v) is 26.0. The van der Waals surface area contributed by atoms with Gasteiger partial charge >= 0.3 is 0 Å². The number of hydrogen-bond donors (Lipinski definition) is 2. The molecule has 3 N–H and O–H groups in total. The van der Waals surface area contributed by atoms with E-state index in [0.717, 1.165) is 81.5 Å². The number of carbonyl (C=O) groups is 1. The van der Waals surface area contributed by atoms with Gasteiger partial charge in [-0.15, -0.1) is 0 Å². The SMILES string of the molecule is COc1cc(C(=O)N2CC3CCC2[C@@H]3N)cc2nc(-c3cc4ccc(-c5ccc6ccc(O)cc6c5)nc4n3CC3CC3)n(C)c12. The fourth-order valence-electron chi connectivity index (χ4n) is 7.88. The molecule has 2 aliphatic carbocycles. The van der Waals surface area contributed by atoms with Crippen molar-refractivity contribution in [3.8, 4) is 34.3 Å². The number of imidazole rings is 1. The van der Waals surface area contributed by atoms with Gasteiger partial charge in [0.05, 0.1) is 24.0 Å². The number of nitrogens with two attached hydrogens (primary N) is 1. The van der Waals surface area contributed by atoms with Crippen LogP contribution in [0.3, 0.4) is 0 Å². The third kappa shape index (κ3) is 4.21. The van der Waals surface area contributed by atoms with Crippen LogP contribution in [0.2, 0.25) is 0 Å². The van der Waals surface area contributed by atoms with Crippen LogP contribution in [-0.4, -0.2) is 60.8 Å². The molecule has 9 nitrogen and oxygen atoms in total. The van der Waals surface area contributed by atoms with Gasteiger partial charge in [0.1, 0.15) is 22.7 Å². The Kier molecular flexibility index (Phi) is 5.99. The number of amides is 1. The lowest BCUT2D eigenvalue weighted by atomic mass is 10.0. The standard InChI is InChI=1S/C37H36N6O3/c1-41-34-29(15-26(17-32(34)46-2)37(45)43-19-24-9-12-30(43)33(24)38)40-36(41)31-16-23-8-11-28(39-35(23)42(31)18-20-3-4-20)22-6-5-21-7-10-27(44)14-25(21)13-22/h5-8,10-11,13-17,20,24,30,33,44H,3-4,9,12,18-19,38H2,1-2H3/t24?,30?,33-/m1/s1. The number of fused-ring (bicyclic) bond motifs is 5. The summed E-state index contributed by atoms with van der Waals surface area (Å²) in [5, 5.41) is 13.1. The number of phenols is 1. The fourth-order valence-corrected chi connectivity index (χ4v) is 7.88. The molecule has 0 spiro atoms. The van der Waals surface area contributed by atoms with Crippen LogP contribution >= 0.6 is 0 Å². The number of benzene rings is 3. The van der Waals surface area contributed by atoms with Crippen LogP contribution in [0.5, 0.6) is 11.5 Å².